The Kier molecular flexibility index (Phi) is 9.86. The Labute approximate surface area is 402 Å². The van der Waals surface area contributed by atoms with Crippen LogP contribution in [0.2, 0.25) is 0 Å². The van der Waals surface area contributed by atoms with Crippen LogP contribution in [0, 0.1) is 45.3 Å². The van der Waals surface area contributed by atoms with Crippen LogP contribution in [0.1, 0.15) is 22.3 Å². The van der Waals surface area contributed by atoms with Crippen molar-refractivity contribution in [3.63, 3.8) is 0 Å². The predicted molar refractivity (Wildman–Crippen MR) is 277 cm³/mol. The standard InChI is InChI=1S/C62H34N8/c63-35-43-11-1-3-13-48(43)56-34-55(67-62(68-56)49-14-4-2-12-44(49)36-64)42-27-23-40(24-28-42)39-21-25-41(26-22-39)53-31-46(38-66)61(32-45(53)37-65)70-59-20-10-7-17-52(59)54-33-47(29-30-60(54)70)69-57-18-8-5-15-50(57)51-16-6-9-19-58(51)69/h1-34H. The summed E-state index contributed by atoms with van der Waals surface area (Å²) in [6, 6.07) is 77.2. The summed E-state index contributed by atoms with van der Waals surface area (Å²) in [6.45, 7) is 0. The fourth-order valence-electron chi connectivity index (χ4n) is 9.86. The topological polar surface area (TPSA) is 131 Å². The van der Waals surface area contributed by atoms with Crippen molar-refractivity contribution in [2.45, 2.75) is 0 Å². The molecule has 8 nitrogen and oxygen atoms in total. The summed E-state index contributed by atoms with van der Waals surface area (Å²) in [4.78, 5) is 9.78. The highest BCUT2D eigenvalue weighted by Crippen LogP contribution is 2.40. The van der Waals surface area contributed by atoms with Gasteiger partial charge in [-0.15, -0.1) is 0 Å². The van der Waals surface area contributed by atoms with Gasteiger partial charge in [-0.25, -0.2) is 9.97 Å². The molecule has 0 atom stereocenters. The van der Waals surface area contributed by atoms with Gasteiger partial charge in [0.05, 0.1) is 79.6 Å². The number of para-hydroxylation sites is 3. The quantitative estimate of drug-likeness (QED) is 0.157. The van der Waals surface area contributed by atoms with Crippen molar-refractivity contribution in [3.05, 3.63) is 229 Å². The Morgan fingerprint density at radius 2 is 0.786 bits per heavy atom. The van der Waals surface area contributed by atoms with E-state index in [-0.39, 0.29) is 0 Å². The highest BCUT2D eigenvalue weighted by molar-refractivity contribution is 6.12. The van der Waals surface area contributed by atoms with Gasteiger partial charge < -0.3 is 9.13 Å². The van der Waals surface area contributed by atoms with Crippen molar-refractivity contribution < 1.29 is 0 Å². The minimum atomic E-state index is 0.390. The lowest BCUT2D eigenvalue weighted by atomic mass is 9.94. The Bertz CT molecular complexity index is 4150. The number of fused-ring (bicyclic) bond motifs is 6. The van der Waals surface area contributed by atoms with Crippen LogP contribution in [0.4, 0.5) is 0 Å². The van der Waals surface area contributed by atoms with Crippen LogP contribution < -0.4 is 0 Å². The number of nitrogens with zero attached hydrogens (tertiary/aromatic N) is 8. The molecule has 0 unspecified atom stereocenters. The van der Waals surface area contributed by atoms with Crippen LogP contribution in [0.25, 0.3) is 111 Å². The first kappa shape index (κ1) is 41.1. The van der Waals surface area contributed by atoms with E-state index in [1.165, 1.54) is 10.8 Å². The van der Waals surface area contributed by atoms with Gasteiger partial charge in [0, 0.05) is 49.5 Å². The first-order valence-electron chi connectivity index (χ1n) is 22.6. The van der Waals surface area contributed by atoms with Crippen LogP contribution in [0.5, 0.6) is 0 Å². The van der Waals surface area contributed by atoms with Gasteiger partial charge in [0.15, 0.2) is 5.82 Å². The molecule has 0 radical (unpaired) electrons. The van der Waals surface area contributed by atoms with Crippen LogP contribution in [-0.4, -0.2) is 19.1 Å². The van der Waals surface area contributed by atoms with Gasteiger partial charge in [0.1, 0.15) is 6.07 Å². The van der Waals surface area contributed by atoms with Crippen molar-refractivity contribution in [1.29, 1.82) is 21.0 Å². The van der Waals surface area contributed by atoms with Gasteiger partial charge in [-0.1, -0.05) is 133 Å². The average molecular weight is 891 g/mol. The molecule has 0 saturated heterocycles. The summed E-state index contributed by atoms with van der Waals surface area (Å²) in [6.07, 6.45) is 0. The van der Waals surface area contributed by atoms with E-state index in [0.29, 0.717) is 61.8 Å². The van der Waals surface area contributed by atoms with E-state index in [9.17, 15) is 21.0 Å². The Morgan fingerprint density at radius 1 is 0.314 bits per heavy atom. The zero-order chi connectivity index (χ0) is 47.3. The van der Waals surface area contributed by atoms with E-state index < -0.39 is 0 Å². The van der Waals surface area contributed by atoms with E-state index in [1.807, 2.05) is 109 Å². The molecular weight excluding hydrogens is 857 g/mol. The molecule has 12 aromatic rings. The SMILES string of the molecule is N#Cc1cc(-n2c3ccccc3c3cc(-n4c5ccccc5c5ccccc54)ccc32)c(C#N)cc1-c1ccc(-c2ccc(-c3cc(-c4ccccc4C#N)nc(-c4ccccc4C#N)n3)cc2)cc1. The average Bonchev–Trinajstić information content (AvgIpc) is 3.95. The first-order valence-corrected chi connectivity index (χ1v) is 22.6. The zero-order valence-electron chi connectivity index (χ0n) is 37.2. The van der Waals surface area contributed by atoms with Crippen molar-refractivity contribution in [1.82, 2.24) is 19.1 Å². The number of hydrogen-bond donors (Lipinski definition) is 0. The lowest BCUT2D eigenvalue weighted by molar-refractivity contribution is 1.15. The second-order valence-corrected chi connectivity index (χ2v) is 17.0. The Balaban J connectivity index is 0.893. The molecule has 3 heterocycles. The van der Waals surface area contributed by atoms with E-state index in [1.54, 1.807) is 18.2 Å². The minimum absolute atomic E-state index is 0.390. The monoisotopic (exact) mass is 890 g/mol. The van der Waals surface area contributed by atoms with Crippen molar-refractivity contribution in [2.75, 3.05) is 0 Å². The van der Waals surface area contributed by atoms with Crippen LogP contribution in [-0.2, 0) is 0 Å². The second-order valence-electron chi connectivity index (χ2n) is 17.0. The molecular formula is C62H34N8. The van der Waals surface area contributed by atoms with Gasteiger partial charge in [-0.2, -0.15) is 21.0 Å². The van der Waals surface area contributed by atoms with E-state index in [2.05, 4.69) is 112 Å². The van der Waals surface area contributed by atoms with E-state index in [4.69, 9.17) is 9.97 Å². The third-order valence-electron chi connectivity index (χ3n) is 13.2. The minimum Gasteiger partial charge on any atom is -0.309 e. The molecule has 0 aliphatic heterocycles. The van der Waals surface area contributed by atoms with Crippen LogP contribution in [0.15, 0.2) is 206 Å². The molecule has 0 saturated carbocycles. The van der Waals surface area contributed by atoms with Gasteiger partial charge in [0.2, 0.25) is 0 Å². The molecule has 8 heteroatoms. The molecule has 322 valence electrons. The molecule has 0 fully saturated rings. The number of benzene rings is 9. The summed E-state index contributed by atoms with van der Waals surface area (Å²) in [7, 11) is 0. The molecule has 70 heavy (non-hydrogen) atoms. The third kappa shape index (κ3) is 6.73. The Hall–Kier alpha value is -10.4. The molecule has 0 bridgehead atoms. The summed E-state index contributed by atoms with van der Waals surface area (Å²) in [5, 5.41) is 45.8. The summed E-state index contributed by atoms with van der Waals surface area (Å²) < 4.78 is 4.42. The van der Waals surface area contributed by atoms with Gasteiger partial charge in [-0.3, -0.25) is 0 Å². The Morgan fingerprint density at radius 3 is 1.40 bits per heavy atom. The predicted octanol–water partition coefficient (Wildman–Crippen LogP) is 14.5. The molecule has 9 aromatic carbocycles. The fourth-order valence-corrected chi connectivity index (χ4v) is 9.86. The maximum absolute atomic E-state index is 10.8. The van der Waals surface area contributed by atoms with Gasteiger partial charge in [0.25, 0.3) is 0 Å². The largest absolute Gasteiger partial charge is 0.309 e. The normalized spacial score (nSPS) is 11.1. The molecule has 0 spiro atoms. The maximum atomic E-state index is 10.8. The van der Waals surface area contributed by atoms with Gasteiger partial charge in [-0.05, 0) is 89.5 Å². The first-order chi connectivity index (χ1) is 34.5. The molecule has 0 aliphatic carbocycles. The number of nitriles is 4. The van der Waals surface area contributed by atoms with Crippen LogP contribution >= 0.6 is 0 Å². The molecule has 12 rings (SSSR count). The van der Waals surface area contributed by atoms with Crippen LogP contribution in [0.3, 0.4) is 0 Å². The summed E-state index contributed by atoms with van der Waals surface area (Å²) in [5.74, 6) is 0.390. The number of aromatic nitrogens is 4. The number of rotatable bonds is 7. The smallest absolute Gasteiger partial charge is 0.161 e. The zero-order valence-corrected chi connectivity index (χ0v) is 37.2. The number of hydrogen-bond acceptors (Lipinski definition) is 6. The lowest BCUT2D eigenvalue weighted by Gasteiger charge is -2.14. The summed E-state index contributed by atoms with van der Waals surface area (Å²) in [5.41, 5.74) is 14.4. The van der Waals surface area contributed by atoms with Crippen molar-refractivity contribution in [2.24, 2.45) is 0 Å². The highest BCUT2D eigenvalue weighted by atomic mass is 15.0. The van der Waals surface area contributed by atoms with Crippen molar-refractivity contribution in [3.8, 4) is 91.8 Å². The fraction of sp³-hybridized carbons (Fsp3) is 0. The maximum Gasteiger partial charge on any atom is 0.161 e. The molecule has 0 N–H and O–H groups in total. The third-order valence-corrected chi connectivity index (χ3v) is 13.2. The van der Waals surface area contributed by atoms with E-state index >= 15 is 0 Å². The molecule has 0 aliphatic rings. The van der Waals surface area contributed by atoms with Crippen molar-refractivity contribution >= 4 is 43.6 Å². The second kappa shape index (κ2) is 16.8. The van der Waals surface area contributed by atoms with E-state index in [0.717, 1.165) is 60.8 Å². The van der Waals surface area contributed by atoms with Gasteiger partial charge >= 0.3 is 0 Å². The highest BCUT2D eigenvalue weighted by Gasteiger charge is 2.21. The molecule has 3 aromatic heterocycles. The molecule has 0 amide bonds. The lowest BCUT2D eigenvalue weighted by Crippen LogP contribution is -2.00. The summed E-state index contributed by atoms with van der Waals surface area (Å²) >= 11 is 0.